The van der Waals surface area contributed by atoms with Crippen molar-refractivity contribution in [2.75, 3.05) is 26.5 Å². The van der Waals surface area contributed by atoms with E-state index in [1.54, 1.807) is 38.2 Å². The number of benzene rings is 4. The number of carbonyl (C=O) groups is 3. The van der Waals surface area contributed by atoms with E-state index in [1.807, 2.05) is 103 Å². The van der Waals surface area contributed by atoms with Crippen molar-refractivity contribution in [1.29, 1.82) is 0 Å². The lowest BCUT2D eigenvalue weighted by Gasteiger charge is -2.28. The minimum atomic E-state index is -0.870. The number of thioether (sulfide) groups is 1. The van der Waals surface area contributed by atoms with E-state index < -0.39 is 36.4 Å². The van der Waals surface area contributed by atoms with Gasteiger partial charge in [0.25, 0.3) is 0 Å². The summed E-state index contributed by atoms with van der Waals surface area (Å²) in [5.74, 6) is -0.412. The first-order chi connectivity index (χ1) is 22.9. The van der Waals surface area contributed by atoms with Crippen LogP contribution in [-0.2, 0) is 23.8 Å². The number of carbonyl (C=O) groups excluding carboxylic acids is 3. The van der Waals surface area contributed by atoms with Gasteiger partial charge in [0.15, 0.2) is 12.4 Å². The predicted octanol–water partition coefficient (Wildman–Crippen LogP) is 6.87. The molecule has 1 fully saturated rings. The number of ether oxygens (including phenoxy) is 4. The second-order valence-electron chi connectivity index (χ2n) is 11.4. The number of hydrogen-bond donors (Lipinski definition) is 0. The van der Waals surface area contributed by atoms with Crippen molar-refractivity contribution in [3.8, 4) is 5.75 Å². The maximum absolute atomic E-state index is 14.0. The van der Waals surface area contributed by atoms with Crippen LogP contribution >= 0.6 is 11.8 Å². The van der Waals surface area contributed by atoms with Crippen molar-refractivity contribution in [3.05, 3.63) is 138 Å². The fraction of sp³-hybridized carbons (Fsp3) is 0.289. The molecule has 244 valence electrons. The smallest absolute Gasteiger partial charge is 0.329 e. The molecule has 9 heteroatoms. The third kappa shape index (κ3) is 8.68. The highest BCUT2D eigenvalue weighted by Crippen LogP contribution is 2.32. The summed E-state index contributed by atoms with van der Waals surface area (Å²) >= 11 is 1.10. The largest absolute Gasteiger partial charge is 0.488 e. The Kier molecular flexibility index (Phi) is 11.8. The molecule has 4 aromatic carbocycles. The summed E-state index contributed by atoms with van der Waals surface area (Å²) < 4.78 is 23.2. The number of methoxy groups -OCH3 is 2. The lowest BCUT2D eigenvalue weighted by atomic mass is 10.0. The first-order valence-corrected chi connectivity index (χ1v) is 16.5. The number of likely N-dealkylation sites (tertiary alicyclic amines) is 1. The minimum Gasteiger partial charge on any atom is -0.488 e. The van der Waals surface area contributed by atoms with E-state index in [9.17, 15) is 14.4 Å². The van der Waals surface area contributed by atoms with Crippen LogP contribution in [0.25, 0.3) is 0 Å². The van der Waals surface area contributed by atoms with Gasteiger partial charge in [-0.1, -0.05) is 122 Å². The normalized spacial score (nSPS) is 16.7. The van der Waals surface area contributed by atoms with Gasteiger partial charge in [0.2, 0.25) is 11.0 Å². The summed E-state index contributed by atoms with van der Waals surface area (Å²) in [5, 5.41) is -0.106. The monoisotopic (exact) mass is 653 g/mol. The molecule has 1 saturated heterocycles. The summed E-state index contributed by atoms with van der Waals surface area (Å²) in [5.41, 5.74) is 3.06. The summed E-state index contributed by atoms with van der Waals surface area (Å²) in [4.78, 5) is 42.2. The molecule has 47 heavy (non-hydrogen) atoms. The van der Waals surface area contributed by atoms with Gasteiger partial charge < -0.3 is 23.8 Å². The fourth-order valence-electron chi connectivity index (χ4n) is 5.61. The topological polar surface area (TPSA) is 91.4 Å². The van der Waals surface area contributed by atoms with Gasteiger partial charge in [0, 0.05) is 43.4 Å². The second kappa shape index (κ2) is 16.4. The molecule has 1 aliphatic rings. The number of esters is 1. The van der Waals surface area contributed by atoms with Crippen molar-refractivity contribution in [3.63, 3.8) is 0 Å². The molecule has 0 aromatic heterocycles. The highest BCUT2D eigenvalue weighted by molar-refractivity contribution is 8.14. The van der Waals surface area contributed by atoms with Gasteiger partial charge in [-0.2, -0.15) is 0 Å². The molecular formula is C38H39NO7S. The maximum Gasteiger partial charge on any atom is 0.329 e. The Hall–Kier alpha value is -4.44. The summed E-state index contributed by atoms with van der Waals surface area (Å²) in [6.07, 6.45) is -1.36. The van der Waals surface area contributed by atoms with Crippen LogP contribution in [0.5, 0.6) is 5.75 Å². The van der Waals surface area contributed by atoms with Crippen molar-refractivity contribution in [1.82, 2.24) is 4.90 Å². The van der Waals surface area contributed by atoms with Crippen LogP contribution in [0.2, 0.25) is 0 Å². The van der Waals surface area contributed by atoms with Crippen molar-refractivity contribution in [2.45, 2.75) is 37.9 Å². The fourth-order valence-corrected chi connectivity index (χ4v) is 6.45. The minimum absolute atomic E-state index is 0.106. The SMILES string of the molecule is COC(OC)c1ccc(OC2C[C@@H](C(=O)OC(c3ccccc3)c3ccccc3)N(C(=O)C(C)CSC(=O)c3ccccc3)C2)cc1. The van der Waals surface area contributed by atoms with Gasteiger partial charge in [-0.3, -0.25) is 9.59 Å². The van der Waals surface area contributed by atoms with E-state index in [2.05, 4.69) is 0 Å². The van der Waals surface area contributed by atoms with Crippen molar-refractivity contribution < 1.29 is 33.3 Å². The average molecular weight is 654 g/mol. The molecule has 8 nitrogen and oxygen atoms in total. The third-order valence-corrected chi connectivity index (χ3v) is 9.20. The Bertz CT molecular complexity index is 1560. The van der Waals surface area contributed by atoms with E-state index >= 15 is 0 Å². The summed E-state index contributed by atoms with van der Waals surface area (Å²) in [6, 6.07) is 34.5. The Labute approximate surface area is 280 Å². The van der Waals surface area contributed by atoms with Crippen LogP contribution < -0.4 is 4.74 Å². The van der Waals surface area contributed by atoms with Gasteiger partial charge in [0.05, 0.1) is 6.54 Å². The van der Waals surface area contributed by atoms with Gasteiger partial charge in [-0.15, -0.1) is 0 Å². The van der Waals surface area contributed by atoms with Crippen LogP contribution in [-0.4, -0.2) is 60.6 Å². The molecule has 5 rings (SSSR count). The summed E-state index contributed by atoms with van der Waals surface area (Å²) in [6.45, 7) is 1.98. The molecule has 0 spiro atoms. The van der Waals surface area contributed by atoms with Crippen LogP contribution in [0, 0.1) is 5.92 Å². The molecule has 0 radical (unpaired) electrons. The van der Waals surface area contributed by atoms with Gasteiger partial charge in [0.1, 0.15) is 17.9 Å². The van der Waals surface area contributed by atoms with Gasteiger partial charge in [-0.25, -0.2) is 4.79 Å². The quantitative estimate of drug-likeness (QED) is 0.114. The third-order valence-electron chi connectivity index (χ3n) is 8.04. The molecule has 1 aliphatic heterocycles. The molecular weight excluding hydrogens is 614 g/mol. The molecule has 0 saturated carbocycles. The highest BCUT2D eigenvalue weighted by atomic mass is 32.2. The van der Waals surface area contributed by atoms with Crippen LogP contribution in [0.15, 0.2) is 115 Å². The lowest BCUT2D eigenvalue weighted by Crippen LogP contribution is -2.44. The van der Waals surface area contributed by atoms with Gasteiger partial charge in [-0.05, 0) is 23.3 Å². The predicted molar refractivity (Wildman–Crippen MR) is 181 cm³/mol. The van der Waals surface area contributed by atoms with Crippen LogP contribution in [0.4, 0.5) is 0 Å². The zero-order chi connectivity index (χ0) is 33.2. The number of hydrogen-bond acceptors (Lipinski definition) is 8. The molecule has 0 N–H and O–H groups in total. The maximum atomic E-state index is 14.0. The number of amides is 1. The summed E-state index contributed by atoms with van der Waals surface area (Å²) in [7, 11) is 3.14. The van der Waals surface area contributed by atoms with Crippen molar-refractivity contribution >= 4 is 28.8 Å². The average Bonchev–Trinajstić information content (AvgIpc) is 3.55. The first-order valence-electron chi connectivity index (χ1n) is 15.5. The Morgan fingerprint density at radius 2 is 1.32 bits per heavy atom. The Balaban J connectivity index is 1.34. The molecule has 1 amide bonds. The van der Waals surface area contributed by atoms with E-state index in [0.717, 1.165) is 28.5 Å². The van der Waals surface area contributed by atoms with Crippen LogP contribution in [0.3, 0.4) is 0 Å². The standard InChI is InChI=1S/C38H39NO7S/c1-26(25-47-37(42)29-17-11-6-12-18-29)35(40)39-24-32(45-31-21-19-30(20-22-31)38(43-2)44-3)23-33(39)36(41)46-34(27-13-7-4-8-14-27)28-15-9-5-10-16-28/h4-22,26,32-34,38H,23-25H2,1-3H3/t26?,32?,33-/m0/s1. The molecule has 0 aliphatic carbocycles. The molecule has 1 heterocycles. The van der Waals surface area contributed by atoms with Gasteiger partial charge >= 0.3 is 5.97 Å². The van der Waals surface area contributed by atoms with E-state index in [-0.39, 0.29) is 29.7 Å². The Morgan fingerprint density at radius 1 is 0.766 bits per heavy atom. The van der Waals surface area contributed by atoms with Crippen molar-refractivity contribution in [2.24, 2.45) is 5.92 Å². The van der Waals surface area contributed by atoms with E-state index in [0.29, 0.717) is 11.3 Å². The number of rotatable bonds is 13. The van der Waals surface area contributed by atoms with Crippen LogP contribution in [0.1, 0.15) is 52.8 Å². The zero-order valence-corrected chi connectivity index (χ0v) is 27.5. The number of nitrogens with zero attached hydrogens (tertiary/aromatic N) is 1. The van der Waals surface area contributed by atoms with E-state index in [1.165, 1.54) is 0 Å². The Morgan fingerprint density at radius 3 is 1.87 bits per heavy atom. The molecule has 4 aromatic rings. The molecule has 0 bridgehead atoms. The zero-order valence-electron chi connectivity index (χ0n) is 26.7. The first kappa shape index (κ1) is 33.9. The lowest BCUT2D eigenvalue weighted by molar-refractivity contribution is -0.157. The highest BCUT2D eigenvalue weighted by Gasteiger charge is 2.43. The second-order valence-corrected chi connectivity index (χ2v) is 12.4. The molecule has 3 atom stereocenters. The van der Waals surface area contributed by atoms with E-state index in [4.69, 9.17) is 18.9 Å². The molecule has 2 unspecified atom stereocenters.